The number of carboxylic acid groups (broad SMARTS) is 2. The summed E-state index contributed by atoms with van der Waals surface area (Å²) >= 11 is 0. The molecule has 1 aromatic carbocycles. The molecule has 3 rings (SSSR count). The molecule has 0 aliphatic carbocycles. The zero-order valence-corrected chi connectivity index (χ0v) is 20.4. The number of nitrogens with one attached hydrogen (secondary N) is 3. The van der Waals surface area contributed by atoms with Gasteiger partial charge in [0, 0.05) is 24.9 Å². The van der Waals surface area contributed by atoms with Gasteiger partial charge in [-0.1, -0.05) is 12.1 Å². The number of hydrogen-bond donors (Lipinski definition) is 7. The van der Waals surface area contributed by atoms with E-state index in [1.807, 2.05) is 0 Å². The fourth-order valence-electron chi connectivity index (χ4n) is 4.23. The summed E-state index contributed by atoms with van der Waals surface area (Å²) < 4.78 is 0. The van der Waals surface area contributed by atoms with Crippen LogP contribution >= 0.6 is 0 Å². The molecular weight excluding hydrogens is 500 g/mol. The number of nitrogens with zero attached hydrogens (tertiary/aromatic N) is 2. The molecule has 1 saturated heterocycles. The number of aromatic hydroxyl groups is 1. The van der Waals surface area contributed by atoms with E-state index in [2.05, 4.69) is 20.6 Å². The summed E-state index contributed by atoms with van der Waals surface area (Å²) in [5.41, 5.74) is 7.24. The fraction of sp³-hybridized carbons (Fsp3) is 0.417. The Morgan fingerprint density at radius 1 is 1.08 bits per heavy atom. The molecule has 0 radical (unpaired) electrons. The average molecular weight is 531 g/mol. The van der Waals surface area contributed by atoms with Crippen LogP contribution in [0.2, 0.25) is 0 Å². The summed E-state index contributed by atoms with van der Waals surface area (Å²) in [5.74, 6) is -4.90. The molecule has 0 bridgehead atoms. The normalized spacial score (nSPS) is 17.3. The number of benzene rings is 1. The SMILES string of the molecule is NC(Cc1ccc(O)cc1)C(=O)N1CCCC1C(=O)NC(CC(=O)O)C(=O)NC(Cc1cnc[nH]1)C(=O)O. The topological polar surface area (TPSA) is 228 Å². The van der Waals surface area contributed by atoms with E-state index < -0.39 is 60.2 Å². The minimum absolute atomic E-state index is 0.0702. The Morgan fingerprint density at radius 2 is 1.79 bits per heavy atom. The molecule has 3 amide bonds. The first-order valence-electron chi connectivity index (χ1n) is 11.9. The average Bonchev–Trinajstić information content (AvgIpc) is 3.56. The Hall–Kier alpha value is -4.46. The molecule has 1 aliphatic heterocycles. The van der Waals surface area contributed by atoms with Gasteiger partial charge in [0.15, 0.2) is 0 Å². The first kappa shape index (κ1) is 28.1. The third-order valence-corrected chi connectivity index (χ3v) is 6.15. The molecule has 4 atom stereocenters. The zero-order valence-electron chi connectivity index (χ0n) is 20.4. The number of likely N-dealkylation sites (tertiary alicyclic amines) is 1. The minimum atomic E-state index is -1.58. The molecule has 0 spiro atoms. The Labute approximate surface area is 217 Å². The van der Waals surface area contributed by atoms with Crippen LogP contribution in [0.15, 0.2) is 36.8 Å². The maximum absolute atomic E-state index is 13.1. The Kier molecular flexibility index (Phi) is 9.38. The van der Waals surface area contributed by atoms with Crippen LogP contribution in [-0.2, 0) is 36.8 Å². The van der Waals surface area contributed by atoms with Gasteiger partial charge >= 0.3 is 11.9 Å². The maximum atomic E-state index is 13.1. The summed E-state index contributed by atoms with van der Waals surface area (Å²) in [6.07, 6.45) is 2.74. The second kappa shape index (κ2) is 12.7. The first-order valence-corrected chi connectivity index (χ1v) is 11.9. The molecule has 0 saturated carbocycles. The molecule has 1 fully saturated rings. The summed E-state index contributed by atoms with van der Waals surface area (Å²) in [7, 11) is 0. The van der Waals surface area contributed by atoms with Crippen molar-refractivity contribution in [2.45, 2.75) is 56.3 Å². The molecule has 4 unspecified atom stereocenters. The number of carboxylic acids is 2. The lowest BCUT2D eigenvalue weighted by Gasteiger charge is -2.28. The van der Waals surface area contributed by atoms with Crippen molar-refractivity contribution in [3.05, 3.63) is 48.0 Å². The Bertz CT molecular complexity index is 1150. The lowest BCUT2D eigenvalue weighted by Crippen LogP contribution is -2.57. The van der Waals surface area contributed by atoms with Crippen LogP contribution in [0.5, 0.6) is 5.75 Å². The fourth-order valence-corrected chi connectivity index (χ4v) is 4.23. The molecule has 38 heavy (non-hydrogen) atoms. The minimum Gasteiger partial charge on any atom is -0.508 e. The number of carbonyl (C=O) groups is 5. The zero-order chi connectivity index (χ0) is 27.8. The number of rotatable bonds is 12. The number of phenols is 1. The predicted octanol–water partition coefficient (Wildman–Crippen LogP) is -1.25. The van der Waals surface area contributed by atoms with E-state index in [9.17, 15) is 39.3 Å². The van der Waals surface area contributed by atoms with E-state index in [4.69, 9.17) is 5.73 Å². The summed E-state index contributed by atoms with van der Waals surface area (Å²) in [4.78, 5) is 69.8. The van der Waals surface area contributed by atoms with E-state index in [0.717, 1.165) is 0 Å². The number of hydrogen-bond acceptors (Lipinski definition) is 8. The number of H-pyrrole nitrogens is 1. The van der Waals surface area contributed by atoms with Crippen molar-refractivity contribution in [1.82, 2.24) is 25.5 Å². The van der Waals surface area contributed by atoms with Crippen LogP contribution in [0.25, 0.3) is 0 Å². The van der Waals surface area contributed by atoms with Gasteiger partial charge in [-0.3, -0.25) is 19.2 Å². The third kappa shape index (κ3) is 7.52. The number of aromatic amines is 1. The van der Waals surface area contributed by atoms with Gasteiger partial charge < -0.3 is 41.6 Å². The van der Waals surface area contributed by atoms with Crippen LogP contribution in [0.4, 0.5) is 0 Å². The van der Waals surface area contributed by atoms with Crippen LogP contribution in [0, 0.1) is 0 Å². The maximum Gasteiger partial charge on any atom is 0.326 e. The number of aromatic nitrogens is 2. The van der Waals surface area contributed by atoms with Gasteiger partial charge in [0.2, 0.25) is 17.7 Å². The van der Waals surface area contributed by atoms with Gasteiger partial charge in [0.1, 0.15) is 23.9 Å². The van der Waals surface area contributed by atoms with Crippen molar-refractivity contribution in [2.24, 2.45) is 5.73 Å². The van der Waals surface area contributed by atoms with Crippen LogP contribution < -0.4 is 16.4 Å². The van der Waals surface area contributed by atoms with Crippen molar-refractivity contribution in [2.75, 3.05) is 6.54 Å². The van der Waals surface area contributed by atoms with E-state index >= 15 is 0 Å². The molecule has 2 heterocycles. The van der Waals surface area contributed by atoms with Crippen molar-refractivity contribution >= 4 is 29.7 Å². The lowest BCUT2D eigenvalue weighted by molar-refractivity contribution is -0.144. The number of amides is 3. The van der Waals surface area contributed by atoms with Crippen molar-refractivity contribution in [3.8, 4) is 5.75 Å². The Balaban J connectivity index is 1.66. The van der Waals surface area contributed by atoms with Gasteiger partial charge in [0.05, 0.1) is 18.8 Å². The standard InChI is InChI=1S/C24H30N6O8/c25-16(8-13-3-5-15(31)6-4-13)23(36)30-7-1-2-19(30)22(35)28-17(10-20(32)33)21(34)29-18(24(37)38)9-14-11-26-12-27-14/h3-6,11-12,16-19,31H,1-2,7-10,25H2,(H,26,27)(H,28,35)(H,29,34)(H,32,33)(H,37,38). The number of imidazole rings is 1. The molecule has 14 heteroatoms. The van der Waals surface area contributed by atoms with Gasteiger partial charge in [-0.25, -0.2) is 9.78 Å². The number of carbonyl (C=O) groups excluding carboxylic acids is 3. The van der Waals surface area contributed by atoms with Crippen molar-refractivity contribution in [1.29, 1.82) is 0 Å². The molecule has 1 aliphatic rings. The molecule has 8 N–H and O–H groups in total. The lowest BCUT2D eigenvalue weighted by atomic mass is 10.0. The van der Waals surface area contributed by atoms with Crippen LogP contribution in [0.3, 0.4) is 0 Å². The molecule has 2 aromatic rings. The van der Waals surface area contributed by atoms with Gasteiger partial charge in [-0.15, -0.1) is 0 Å². The van der Waals surface area contributed by atoms with Crippen LogP contribution in [-0.4, -0.2) is 90.6 Å². The third-order valence-electron chi connectivity index (χ3n) is 6.15. The second-order valence-electron chi connectivity index (χ2n) is 9.01. The quantitative estimate of drug-likeness (QED) is 0.172. The van der Waals surface area contributed by atoms with Gasteiger partial charge in [-0.05, 0) is 37.0 Å². The smallest absolute Gasteiger partial charge is 0.326 e. The predicted molar refractivity (Wildman–Crippen MR) is 131 cm³/mol. The largest absolute Gasteiger partial charge is 0.508 e. The van der Waals surface area contributed by atoms with Crippen LogP contribution in [0.1, 0.15) is 30.5 Å². The molecule has 204 valence electrons. The highest BCUT2D eigenvalue weighted by molar-refractivity contribution is 5.96. The highest BCUT2D eigenvalue weighted by Crippen LogP contribution is 2.20. The highest BCUT2D eigenvalue weighted by atomic mass is 16.4. The first-order chi connectivity index (χ1) is 18.0. The summed E-state index contributed by atoms with van der Waals surface area (Å²) in [5, 5.41) is 32.8. The second-order valence-corrected chi connectivity index (χ2v) is 9.01. The number of nitrogens with two attached hydrogens (primary N) is 1. The van der Waals surface area contributed by atoms with E-state index in [0.29, 0.717) is 17.7 Å². The van der Waals surface area contributed by atoms with Crippen molar-refractivity contribution < 1.29 is 39.3 Å². The van der Waals surface area contributed by atoms with E-state index in [1.165, 1.54) is 29.6 Å². The summed E-state index contributed by atoms with van der Waals surface area (Å²) in [6, 6.07) is 1.27. The molecular formula is C24H30N6O8. The number of phenolic OH excluding ortho intramolecular Hbond substituents is 1. The summed E-state index contributed by atoms with van der Waals surface area (Å²) in [6.45, 7) is 0.251. The number of aliphatic carboxylic acids is 2. The van der Waals surface area contributed by atoms with Crippen molar-refractivity contribution in [3.63, 3.8) is 0 Å². The van der Waals surface area contributed by atoms with E-state index in [1.54, 1.807) is 12.1 Å². The van der Waals surface area contributed by atoms with E-state index in [-0.39, 0.29) is 31.6 Å². The molecule has 1 aromatic heterocycles. The Morgan fingerprint density at radius 3 is 2.39 bits per heavy atom. The molecule has 14 nitrogen and oxygen atoms in total. The monoisotopic (exact) mass is 530 g/mol. The van der Waals surface area contributed by atoms with Gasteiger partial charge in [0.25, 0.3) is 0 Å². The highest BCUT2D eigenvalue weighted by Gasteiger charge is 2.38. The van der Waals surface area contributed by atoms with Gasteiger partial charge in [-0.2, -0.15) is 0 Å².